The van der Waals surface area contributed by atoms with Crippen LogP contribution in [0.25, 0.3) is 11.3 Å². The molecule has 1 aromatic heterocycles. The fraction of sp³-hybridized carbons (Fsp3) is 0.480. The van der Waals surface area contributed by atoms with Gasteiger partial charge in [-0.1, -0.05) is 38.1 Å². The molecule has 3 N–H and O–H groups in total. The van der Waals surface area contributed by atoms with E-state index in [1.807, 2.05) is 32.0 Å². The van der Waals surface area contributed by atoms with E-state index in [-0.39, 0.29) is 11.7 Å². The molecule has 2 aromatic rings. The number of nitrogens with two attached hydrogens (primary N) is 1. The second kappa shape index (κ2) is 11.2. The summed E-state index contributed by atoms with van der Waals surface area (Å²) in [5.41, 5.74) is 9.27. The molecule has 31 heavy (non-hydrogen) atoms. The highest BCUT2D eigenvalue weighted by molar-refractivity contribution is 5.92. The molecule has 1 aliphatic rings. The lowest BCUT2D eigenvalue weighted by Crippen LogP contribution is -2.49. The fourth-order valence-corrected chi connectivity index (χ4v) is 4.03. The molecule has 0 radical (unpaired) electrons. The Morgan fingerprint density at radius 3 is 2.84 bits per heavy atom. The van der Waals surface area contributed by atoms with Gasteiger partial charge in [-0.25, -0.2) is 0 Å². The lowest BCUT2D eigenvalue weighted by atomic mass is 10.0. The Morgan fingerprint density at radius 2 is 2.10 bits per heavy atom. The molecular formula is C25H34N4O2. The molecule has 6 nitrogen and oxygen atoms in total. The van der Waals surface area contributed by atoms with Crippen molar-refractivity contribution in [3.63, 3.8) is 0 Å². The number of carbonyl (C=O) groups excluding carboxylic acids is 2. The third-order valence-electron chi connectivity index (χ3n) is 5.72. The van der Waals surface area contributed by atoms with Crippen LogP contribution in [0.15, 0.2) is 48.7 Å². The molecule has 1 aromatic carbocycles. The minimum atomic E-state index is -0.557. The number of ketones is 1. The normalized spacial score (nSPS) is 18.6. The number of pyridine rings is 1. The molecule has 0 saturated carbocycles. The van der Waals surface area contributed by atoms with Gasteiger partial charge < -0.3 is 11.1 Å². The maximum atomic E-state index is 12.7. The summed E-state index contributed by atoms with van der Waals surface area (Å²) in [6.07, 6.45) is 4.84. The topological polar surface area (TPSA) is 88.3 Å². The van der Waals surface area contributed by atoms with Crippen molar-refractivity contribution >= 4 is 11.7 Å². The lowest BCUT2D eigenvalue weighted by Gasteiger charge is -2.21. The standard InChI is InChI=1S/C25H34N4O2/c1-18(2)15-21(26)25(31)28-23-10-6-13-29(17-24(23)30)14-11-19-7-5-8-20(16-19)22-9-3-4-12-27-22/h3-5,7-9,12,16,18,21,23H,6,10-11,13-15,17,26H2,1-2H3,(H,28,31)/t21-,23?/m0/s1. The third kappa shape index (κ3) is 6.97. The number of Topliss-reactive ketones (excluding diaryl/α,β-unsaturated/α-hetero) is 1. The van der Waals surface area contributed by atoms with E-state index in [0.29, 0.717) is 25.3 Å². The average Bonchev–Trinajstić information content (AvgIpc) is 2.93. The van der Waals surface area contributed by atoms with Gasteiger partial charge in [0.15, 0.2) is 5.78 Å². The van der Waals surface area contributed by atoms with Crippen LogP contribution in [0.2, 0.25) is 0 Å². The molecule has 1 fully saturated rings. The molecule has 6 heteroatoms. The van der Waals surface area contributed by atoms with Gasteiger partial charge in [0.25, 0.3) is 0 Å². The zero-order valence-corrected chi connectivity index (χ0v) is 18.6. The van der Waals surface area contributed by atoms with Crippen LogP contribution in [0.5, 0.6) is 0 Å². The van der Waals surface area contributed by atoms with Gasteiger partial charge in [0.2, 0.25) is 5.91 Å². The van der Waals surface area contributed by atoms with Crippen molar-refractivity contribution in [3.05, 3.63) is 54.2 Å². The van der Waals surface area contributed by atoms with Crippen molar-refractivity contribution < 1.29 is 9.59 Å². The summed E-state index contributed by atoms with van der Waals surface area (Å²) in [7, 11) is 0. The minimum absolute atomic E-state index is 0.0739. The van der Waals surface area contributed by atoms with Gasteiger partial charge in [-0.2, -0.15) is 0 Å². The Balaban J connectivity index is 1.53. The SMILES string of the molecule is CC(C)C[C@H](N)C(=O)NC1CCCN(CCc2cccc(-c3ccccn3)c2)CC1=O. The predicted octanol–water partition coefficient (Wildman–Crippen LogP) is 2.81. The van der Waals surface area contributed by atoms with Gasteiger partial charge >= 0.3 is 0 Å². The largest absolute Gasteiger partial charge is 0.345 e. The number of amides is 1. The predicted molar refractivity (Wildman–Crippen MR) is 123 cm³/mol. The maximum absolute atomic E-state index is 12.7. The lowest BCUT2D eigenvalue weighted by molar-refractivity contribution is -0.128. The second-order valence-electron chi connectivity index (χ2n) is 8.85. The second-order valence-corrected chi connectivity index (χ2v) is 8.85. The summed E-state index contributed by atoms with van der Waals surface area (Å²) in [4.78, 5) is 31.7. The Morgan fingerprint density at radius 1 is 1.26 bits per heavy atom. The van der Waals surface area contributed by atoms with Crippen molar-refractivity contribution in [1.82, 2.24) is 15.2 Å². The summed E-state index contributed by atoms with van der Waals surface area (Å²) in [6, 6.07) is 13.3. The molecule has 166 valence electrons. The minimum Gasteiger partial charge on any atom is -0.345 e. The zero-order valence-electron chi connectivity index (χ0n) is 18.6. The third-order valence-corrected chi connectivity index (χ3v) is 5.72. The highest BCUT2D eigenvalue weighted by atomic mass is 16.2. The molecule has 0 spiro atoms. The van der Waals surface area contributed by atoms with Gasteiger partial charge in [-0.05, 0) is 61.9 Å². The molecule has 1 amide bonds. The molecule has 1 saturated heterocycles. The van der Waals surface area contributed by atoms with Crippen molar-refractivity contribution in [2.24, 2.45) is 11.7 Å². The first-order valence-corrected chi connectivity index (χ1v) is 11.2. The average molecular weight is 423 g/mol. The zero-order chi connectivity index (χ0) is 22.2. The molecule has 0 aliphatic carbocycles. The Hall–Kier alpha value is -2.57. The van der Waals surface area contributed by atoms with Crippen LogP contribution in [0.4, 0.5) is 0 Å². The van der Waals surface area contributed by atoms with Crippen LogP contribution >= 0.6 is 0 Å². The number of hydrogen-bond acceptors (Lipinski definition) is 5. The van der Waals surface area contributed by atoms with Crippen LogP contribution in [0.3, 0.4) is 0 Å². The number of benzene rings is 1. The van der Waals surface area contributed by atoms with Gasteiger partial charge in [-0.3, -0.25) is 19.5 Å². The van der Waals surface area contributed by atoms with Gasteiger partial charge in [0.05, 0.1) is 24.3 Å². The van der Waals surface area contributed by atoms with Crippen molar-refractivity contribution in [1.29, 1.82) is 0 Å². The summed E-state index contributed by atoms with van der Waals surface area (Å²) >= 11 is 0. The molecule has 1 aliphatic heterocycles. The number of carbonyl (C=O) groups is 2. The summed E-state index contributed by atoms with van der Waals surface area (Å²) in [5, 5.41) is 2.89. The Kier molecular flexibility index (Phi) is 8.32. The van der Waals surface area contributed by atoms with Gasteiger partial charge in [-0.15, -0.1) is 0 Å². The van der Waals surface area contributed by atoms with E-state index in [2.05, 4.69) is 39.5 Å². The van der Waals surface area contributed by atoms with E-state index in [9.17, 15) is 9.59 Å². The van der Waals surface area contributed by atoms with Crippen LogP contribution in [0, 0.1) is 5.92 Å². The van der Waals surface area contributed by atoms with E-state index < -0.39 is 12.1 Å². The number of hydrogen-bond donors (Lipinski definition) is 2. The Bertz CT molecular complexity index is 869. The van der Waals surface area contributed by atoms with E-state index in [0.717, 1.165) is 37.2 Å². The highest BCUT2D eigenvalue weighted by Crippen LogP contribution is 2.18. The molecule has 1 unspecified atom stereocenters. The quantitative estimate of drug-likeness (QED) is 0.683. The fourth-order valence-electron chi connectivity index (χ4n) is 4.03. The van der Waals surface area contributed by atoms with Crippen molar-refractivity contribution in [2.45, 2.75) is 51.6 Å². The molecule has 2 atom stereocenters. The van der Waals surface area contributed by atoms with Crippen LogP contribution < -0.4 is 11.1 Å². The van der Waals surface area contributed by atoms with Crippen molar-refractivity contribution in [2.75, 3.05) is 19.6 Å². The summed E-state index contributed by atoms with van der Waals surface area (Å²) < 4.78 is 0. The first-order chi connectivity index (χ1) is 14.9. The molecule has 0 bridgehead atoms. The Labute approximate surface area is 185 Å². The maximum Gasteiger partial charge on any atom is 0.237 e. The monoisotopic (exact) mass is 422 g/mol. The van der Waals surface area contributed by atoms with E-state index in [1.54, 1.807) is 6.20 Å². The van der Waals surface area contributed by atoms with Gasteiger partial charge in [0.1, 0.15) is 0 Å². The van der Waals surface area contributed by atoms with Gasteiger partial charge in [0, 0.05) is 18.3 Å². The number of nitrogens with one attached hydrogen (secondary N) is 1. The first-order valence-electron chi connectivity index (χ1n) is 11.2. The number of aromatic nitrogens is 1. The molecule has 2 heterocycles. The van der Waals surface area contributed by atoms with E-state index in [1.165, 1.54) is 5.56 Å². The number of likely N-dealkylation sites (tertiary alicyclic amines) is 1. The van der Waals surface area contributed by atoms with E-state index >= 15 is 0 Å². The highest BCUT2D eigenvalue weighted by Gasteiger charge is 2.27. The first kappa shape index (κ1) is 23.1. The van der Waals surface area contributed by atoms with Crippen LogP contribution in [-0.2, 0) is 16.0 Å². The molecule has 3 rings (SSSR count). The smallest absolute Gasteiger partial charge is 0.237 e. The van der Waals surface area contributed by atoms with Crippen LogP contribution in [0.1, 0.15) is 38.7 Å². The number of nitrogens with zero attached hydrogens (tertiary/aromatic N) is 2. The molecular weight excluding hydrogens is 388 g/mol. The summed E-state index contributed by atoms with van der Waals surface area (Å²) in [6.45, 7) is 6.10. The van der Waals surface area contributed by atoms with Crippen molar-refractivity contribution in [3.8, 4) is 11.3 Å². The summed E-state index contributed by atoms with van der Waals surface area (Å²) in [5.74, 6) is 0.203. The number of rotatable bonds is 8. The van der Waals surface area contributed by atoms with E-state index in [4.69, 9.17) is 5.73 Å². The van der Waals surface area contributed by atoms with Crippen LogP contribution in [-0.4, -0.2) is 53.3 Å².